The summed E-state index contributed by atoms with van der Waals surface area (Å²) < 4.78 is 25.6. The summed E-state index contributed by atoms with van der Waals surface area (Å²) in [6, 6.07) is 16.1. The molecule has 0 aliphatic heterocycles. The lowest BCUT2D eigenvalue weighted by Crippen LogP contribution is -2.21. The van der Waals surface area contributed by atoms with Crippen LogP contribution in [0.25, 0.3) is 11.0 Å². The number of nitrogens with one attached hydrogen (secondary N) is 1. The lowest BCUT2D eigenvalue weighted by molar-refractivity contribution is -0.116. The fourth-order valence-corrected chi connectivity index (χ4v) is 4.13. The molecule has 9 heteroatoms. The van der Waals surface area contributed by atoms with Crippen LogP contribution in [-0.2, 0) is 21.2 Å². The van der Waals surface area contributed by atoms with Crippen molar-refractivity contribution in [2.75, 3.05) is 17.3 Å². The van der Waals surface area contributed by atoms with E-state index in [0.717, 1.165) is 11.2 Å². The molecule has 0 saturated carbocycles. The van der Waals surface area contributed by atoms with Crippen molar-refractivity contribution in [3.8, 4) is 6.07 Å². The Hall–Kier alpha value is -2.83. The molecule has 7 nitrogen and oxygen atoms in total. The Balaban J connectivity index is 1.91. The number of imidazole rings is 1. The quantitative estimate of drug-likeness (QED) is 0.638. The number of anilines is 1. The van der Waals surface area contributed by atoms with Crippen LogP contribution in [0, 0.1) is 11.3 Å². The molecule has 138 valence electrons. The van der Waals surface area contributed by atoms with E-state index < -0.39 is 9.84 Å². The zero-order valence-corrected chi connectivity index (χ0v) is 16.0. The van der Waals surface area contributed by atoms with Gasteiger partial charge in [-0.15, -0.1) is 11.8 Å². The highest BCUT2D eigenvalue weighted by atomic mass is 32.2. The zero-order valence-electron chi connectivity index (χ0n) is 14.4. The van der Waals surface area contributed by atoms with Crippen molar-refractivity contribution in [2.24, 2.45) is 0 Å². The minimum Gasteiger partial charge on any atom is -0.324 e. The van der Waals surface area contributed by atoms with E-state index in [1.807, 2.05) is 18.2 Å². The molecule has 1 aromatic heterocycles. The number of hydrogen-bond acceptors (Lipinski definition) is 6. The van der Waals surface area contributed by atoms with E-state index in [0.29, 0.717) is 16.7 Å². The van der Waals surface area contributed by atoms with Crippen LogP contribution in [0.3, 0.4) is 0 Å². The molecule has 2 aromatic carbocycles. The van der Waals surface area contributed by atoms with Crippen LogP contribution >= 0.6 is 11.8 Å². The number of rotatable bonds is 6. The number of thioether (sulfide) groups is 1. The van der Waals surface area contributed by atoms with Gasteiger partial charge in [0, 0.05) is 11.2 Å². The first kappa shape index (κ1) is 18.9. The van der Waals surface area contributed by atoms with Gasteiger partial charge < -0.3 is 9.88 Å². The van der Waals surface area contributed by atoms with Crippen LogP contribution in [-0.4, -0.2) is 35.9 Å². The monoisotopic (exact) mass is 400 g/mol. The van der Waals surface area contributed by atoms with Crippen LogP contribution in [0.5, 0.6) is 0 Å². The van der Waals surface area contributed by atoms with Gasteiger partial charge in [-0.05, 0) is 24.3 Å². The Morgan fingerprint density at radius 3 is 2.67 bits per heavy atom. The second-order valence-electron chi connectivity index (χ2n) is 5.73. The number of sulfone groups is 1. The largest absolute Gasteiger partial charge is 0.324 e. The molecular formula is C18H16N4O3S2. The molecule has 3 aromatic rings. The number of carbonyl (C=O) groups is 1. The highest BCUT2D eigenvalue weighted by Crippen LogP contribution is 2.27. The average molecular weight is 400 g/mol. The fourth-order valence-electron chi connectivity index (χ4n) is 2.63. The third kappa shape index (κ3) is 4.30. The van der Waals surface area contributed by atoms with E-state index in [4.69, 9.17) is 5.26 Å². The zero-order chi connectivity index (χ0) is 19.4. The van der Waals surface area contributed by atoms with Gasteiger partial charge in [0.25, 0.3) is 0 Å². The Kier molecular flexibility index (Phi) is 5.48. The lowest BCUT2D eigenvalue weighted by atomic mass is 10.3. The molecule has 3 rings (SSSR count). The molecule has 27 heavy (non-hydrogen) atoms. The van der Waals surface area contributed by atoms with Gasteiger partial charge in [-0.2, -0.15) is 5.26 Å². The predicted molar refractivity (Wildman–Crippen MR) is 104 cm³/mol. The topological polar surface area (TPSA) is 105 Å². The van der Waals surface area contributed by atoms with E-state index in [9.17, 15) is 13.2 Å². The Bertz CT molecular complexity index is 1150. The van der Waals surface area contributed by atoms with Gasteiger partial charge >= 0.3 is 0 Å². The minimum atomic E-state index is -3.60. The number of aromatic nitrogens is 2. The molecule has 0 saturated heterocycles. The van der Waals surface area contributed by atoms with Gasteiger partial charge in [-0.3, -0.25) is 4.79 Å². The first-order valence-electron chi connectivity index (χ1n) is 7.94. The molecule has 0 aliphatic carbocycles. The third-order valence-electron chi connectivity index (χ3n) is 3.71. The van der Waals surface area contributed by atoms with E-state index in [-0.39, 0.29) is 23.4 Å². The minimum absolute atomic E-state index is 0.147. The van der Waals surface area contributed by atoms with Gasteiger partial charge in [0.15, 0.2) is 0 Å². The summed E-state index contributed by atoms with van der Waals surface area (Å²) in [5.41, 5.74) is 1.66. The summed E-state index contributed by atoms with van der Waals surface area (Å²) in [6.45, 7) is -0.194. The van der Waals surface area contributed by atoms with Crippen molar-refractivity contribution in [2.45, 2.75) is 16.6 Å². The number of para-hydroxylation sites is 3. The maximum atomic E-state index is 12.6. The van der Waals surface area contributed by atoms with Crippen LogP contribution < -0.4 is 5.32 Å². The summed E-state index contributed by atoms with van der Waals surface area (Å²) in [6.07, 6.45) is 1.07. The van der Waals surface area contributed by atoms with E-state index in [1.54, 1.807) is 36.4 Å². The Morgan fingerprint density at radius 2 is 1.93 bits per heavy atom. The SMILES string of the molecule is CS(=O)(=O)c1nc2ccccc2n1CC(=O)Nc1ccccc1SCC#N. The van der Waals surface area contributed by atoms with Gasteiger partial charge in [-0.1, -0.05) is 24.3 Å². The lowest BCUT2D eigenvalue weighted by Gasteiger charge is -2.11. The summed E-state index contributed by atoms with van der Waals surface area (Å²) in [4.78, 5) is 17.5. The standard InChI is InChI=1S/C18H16N4O3S2/c1-27(24,25)18-21-13-6-2-4-8-15(13)22(18)12-17(23)20-14-7-3-5-9-16(14)26-11-10-19/h2-9H,11-12H2,1H3,(H,20,23). The predicted octanol–water partition coefficient (Wildman–Crippen LogP) is 2.69. The summed E-state index contributed by atoms with van der Waals surface area (Å²) in [5.74, 6) is -0.120. The molecule has 0 spiro atoms. The number of benzene rings is 2. The maximum Gasteiger partial charge on any atom is 0.244 e. The fraction of sp³-hybridized carbons (Fsp3) is 0.167. The second kappa shape index (κ2) is 7.82. The van der Waals surface area contributed by atoms with Crippen molar-refractivity contribution in [3.63, 3.8) is 0 Å². The number of nitriles is 1. The highest BCUT2D eigenvalue weighted by Gasteiger charge is 2.21. The molecule has 0 unspecified atom stereocenters. The van der Waals surface area contributed by atoms with Crippen molar-refractivity contribution in [1.29, 1.82) is 5.26 Å². The molecular weight excluding hydrogens is 384 g/mol. The Morgan fingerprint density at radius 1 is 1.22 bits per heavy atom. The van der Waals surface area contributed by atoms with Crippen molar-refractivity contribution in [1.82, 2.24) is 9.55 Å². The van der Waals surface area contributed by atoms with Gasteiger partial charge in [0.05, 0.1) is 28.5 Å². The second-order valence-corrected chi connectivity index (χ2v) is 8.66. The van der Waals surface area contributed by atoms with Crippen molar-refractivity contribution in [3.05, 3.63) is 48.5 Å². The van der Waals surface area contributed by atoms with Crippen molar-refractivity contribution < 1.29 is 13.2 Å². The van der Waals surface area contributed by atoms with Crippen LogP contribution in [0.4, 0.5) is 5.69 Å². The van der Waals surface area contributed by atoms with Crippen molar-refractivity contribution >= 4 is 44.2 Å². The molecule has 0 atom stereocenters. The molecule has 1 heterocycles. The molecule has 1 amide bonds. The maximum absolute atomic E-state index is 12.6. The van der Waals surface area contributed by atoms with Crippen LogP contribution in [0.15, 0.2) is 58.6 Å². The molecule has 0 aliphatic rings. The number of nitrogens with zero attached hydrogens (tertiary/aromatic N) is 3. The molecule has 0 bridgehead atoms. The van der Waals surface area contributed by atoms with E-state index in [2.05, 4.69) is 10.3 Å². The molecule has 0 fully saturated rings. The van der Waals surface area contributed by atoms with Gasteiger partial charge in [0.1, 0.15) is 6.54 Å². The number of carbonyl (C=O) groups excluding carboxylic acids is 1. The van der Waals surface area contributed by atoms with Gasteiger partial charge in [0.2, 0.25) is 20.9 Å². The van der Waals surface area contributed by atoms with E-state index >= 15 is 0 Å². The van der Waals surface area contributed by atoms with Gasteiger partial charge in [-0.25, -0.2) is 13.4 Å². The molecule has 1 N–H and O–H groups in total. The summed E-state index contributed by atoms with van der Waals surface area (Å²) in [7, 11) is -3.60. The third-order valence-corrected chi connectivity index (χ3v) is 5.62. The van der Waals surface area contributed by atoms with E-state index in [1.165, 1.54) is 16.3 Å². The Labute approximate surface area is 160 Å². The first-order valence-corrected chi connectivity index (χ1v) is 10.8. The first-order chi connectivity index (χ1) is 12.9. The highest BCUT2D eigenvalue weighted by molar-refractivity contribution is 7.99. The number of amides is 1. The summed E-state index contributed by atoms with van der Waals surface area (Å²) in [5, 5.41) is 11.4. The van der Waals surface area contributed by atoms with Crippen LogP contribution in [0.2, 0.25) is 0 Å². The number of hydrogen-bond donors (Lipinski definition) is 1. The molecule has 0 radical (unpaired) electrons. The smallest absolute Gasteiger partial charge is 0.244 e. The van der Waals surface area contributed by atoms with Crippen LogP contribution in [0.1, 0.15) is 0 Å². The summed E-state index contributed by atoms with van der Waals surface area (Å²) >= 11 is 1.32. The average Bonchev–Trinajstić information content (AvgIpc) is 3.00. The number of fused-ring (bicyclic) bond motifs is 1. The normalized spacial score (nSPS) is 11.3.